The van der Waals surface area contributed by atoms with E-state index in [0.29, 0.717) is 18.5 Å². The quantitative estimate of drug-likeness (QED) is 0.539. The standard InChI is InChI=1S/C23H36N4O3S/c1-3-4-10-20(25-22-19-9-5-6-11-21(19)31(29,30)26-22)23(28)24-14-7-8-15-27-16-12-18(2)13-17-27/h5-6,9,11,18,20H,3-4,7-8,10,12-17H2,1-2H3,(H,24,28)(H,25,26)/t20-/m0/s1. The van der Waals surface area contributed by atoms with Crippen molar-refractivity contribution in [1.82, 2.24) is 14.9 Å². The van der Waals surface area contributed by atoms with Gasteiger partial charge in [-0.2, -0.15) is 0 Å². The zero-order chi connectivity index (χ0) is 22.3. The summed E-state index contributed by atoms with van der Waals surface area (Å²) in [5, 5.41) is 3.01. The molecule has 0 spiro atoms. The first-order chi connectivity index (χ1) is 14.9. The number of amidine groups is 1. The van der Waals surface area contributed by atoms with Crippen molar-refractivity contribution in [3.05, 3.63) is 29.8 Å². The van der Waals surface area contributed by atoms with Crippen molar-refractivity contribution in [1.29, 1.82) is 0 Å². The molecule has 1 amide bonds. The summed E-state index contributed by atoms with van der Waals surface area (Å²) < 4.78 is 27.2. The second-order valence-electron chi connectivity index (χ2n) is 8.76. The third-order valence-electron chi connectivity index (χ3n) is 6.16. The summed E-state index contributed by atoms with van der Waals surface area (Å²) in [6.07, 6.45) is 6.97. The third-order valence-corrected chi connectivity index (χ3v) is 7.56. The molecule has 1 atom stereocenters. The molecule has 0 aromatic heterocycles. The molecule has 0 unspecified atom stereocenters. The first-order valence-electron chi connectivity index (χ1n) is 11.6. The van der Waals surface area contributed by atoms with Crippen LogP contribution in [0.1, 0.15) is 64.4 Å². The number of nitrogens with zero attached hydrogens (tertiary/aromatic N) is 2. The number of piperidine rings is 1. The second-order valence-corrected chi connectivity index (χ2v) is 10.4. The number of benzene rings is 1. The van der Waals surface area contributed by atoms with E-state index in [1.807, 2.05) is 0 Å². The molecule has 2 aliphatic heterocycles. The summed E-state index contributed by atoms with van der Waals surface area (Å²) in [5.41, 5.74) is 0.535. The van der Waals surface area contributed by atoms with Gasteiger partial charge in [0.15, 0.2) is 0 Å². The fraction of sp³-hybridized carbons (Fsp3) is 0.652. The van der Waals surface area contributed by atoms with Gasteiger partial charge in [-0.3, -0.25) is 14.5 Å². The first-order valence-corrected chi connectivity index (χ1v) is 13.1. The molecule has 172 valence electrons. The highest BCUT2D eigenvalue weighted by Crippen LogP contribution is 2.23. The molecule has 0 aliphatic carbocycles. The Bertz CT molecular complexity index is 877. The molecule has 3 rings (SSSR count). The Hall–Kier alpha value is -1.93. The van der Waals surface area contributed by atoms with E-state index in [1.54, 1.807) is 24.3 Å². The summed E-state index contributed by atoms with van der Waals surface area (Å²) in [6.45, 7) is 8.46. The Morgan fingerprint density at radius 3 is 2.71 bits per heavy atom. The lowest BCUT2D eigenvalue weighted by molar-refractivity contribution is -0.122. The molecular formula is C23H36N4O3S. The van der Waals surface area contributed by atoms with Gasteiger partial charge in [0.05, 0.1) is 4.90 Å². The Labute approximate surface area is 186 Å². The predicted octanol–water partition coefficient (Wildman–Crippen LogP) is 2.91. The number of likely N-dealkylation sites (tertiary alicyclic amines) is 1. The highest BCUT2D eigenvalue weighted by atomic mass is 32.2. The van der Waals surface area contributed by atoms with E-state index in [-0.39, 0.29) is 16.6 Å². The van der Waals surface area contributed by atoms with Gasteiger partial charge in [0, 0.05) is 12.1 Å². The Balaban J connectivity index is 1.53. The van der Waals surface area contributed by atoms with Crippen LogP contribution in [0.4, 0.5) is 0 Å². The number of hydrogen-bond donors (Lipinski definition) is 2. The average molecular weight is 449 g/mol. The molecule has 1 fully saturated rings. The van der Waals surface area contributed by atoms with Crippen molar-refractivity contribution in [2.45, 2.75) is 69.7 Å². The molecule has 31 heavy (non-hydrogen) atoms. The van der Waals surface area contributed by atoms with Crippen molar-refractivity contribution >= 4 is 21.8 Å². The van der Waals surface area contributed by atoms with Crippen LogP contribution in [-0.4, -0.2) is 57.3 Å². The second kappa shape index (κ2) is 11.1. The number of nitrogens with one attached hydrogen (secondary N) is 2. The summed E-state index contributed by atoms with van der Waals surface area (Å²) in [7, 11) is -3.60. The maximum absolute atomic E-state index is 12.8. The number of rotatable bonds is 10. The monoisotopic (exact) mass is 448 g/mol. The van der Waals surface area contributed by atoms with Crippen molar-refractivity contribution in [2.75, 3.05) is 26.2 Å². The molecule has 1 aromatic carbocycles. The number of fused-ring (bicyclic) bond motifs is 1. The van der Waals surface area contributed by atoms with Gasteiger partial charge in [0.1, 0.15) is 11.9 Å². The zero-order valence-electron chi connectivity index (χ0n) is 18.8. The lowest BCUT2D eigenvalue weighted by atomic mass is 9.99. The summed E-state index contributed by atoms with van der Waals surface area (Å²) in [5.74, 6) is 0.982. The molecule has 7 nitrogen and oxygen atoms in total. The predicted molar refractivity (Wildman–Crippen MR) is 124 cm³/mol. The molecule has 1 saturated heterocycles. The topological polar surface area (TPSA) is 90.9 Å². The van der Waals surface area contributed by atoms with Crippen LogP contribution >= 0.6 is 0 Å². The third kappa shape index (κ3) is 6.53. The number of sulfonamides is 1. The van der Waals surface area contributed by atoms with Crippen molar-refractivity contribution in [3.63, 3.8) is 0 Å². The molecule has 1 aromatic rings. The normalized spacial score (nSPS) is 20.9. The van der Waals surface area contributed by atoms with Gasteiger partial charge in [-0.15, -0.1) is 0 Å². The van der Waals surface area contributed by atoms with Crippen LogP contribution in [-0.2, 0) is 14.8 Å². The maximum Gasteiger partial charge on any atom is 0.263 e. The van der Waals surface area contributed by atoms with Crippen molar-refractivity contribution < 1.29 is 13.2 Å². The summed E-state index contributed by atoms with van der Waals surface area (Å²) in [4.78, 5) is 20.1. The van der Waals surface area contributed by atoms with E-state index in [2.05, 4.69) is 33.8 Å². The maximum atomic E-state index is 12.8. The molecular weight excluding hydrogens is 412 g/mol. The van der Waals surface area contributed by atoms with Gasteiger partial charge in [0.2, 0.25) is 5.91 Å². The highest BCUT2D eigenvalue weighted by molar-refractivity contribution is 7.90. The van der Waals surface area contributed by atoms with Crippen LogP contribution in [0.25, 0.3) is 0 Å². The van der Waals surface area contributed by atoms with Crippen molar-refractivity contribution in [2.24, 2.45) is 10.9 Å². The Morgan fingerprint density at radius 1 is 1.23 bits per heavy atom. The Morgan fingerprint density at radius 2 is 1.97 bits per heavy atom. The molecule has 8 heteroatoms. The van der Waals surface area contributed by atoms with Gasteiger partial charge in [-0.05, 0) is 69.8 Å². The molecule has 0 radical (unpaired) electrons. The van der Waals surface area contributed by atoms with Gasteiger partial charge in [-0.25, -0.2) is 8.42 Å². The van der Waals surface area contributed by atoms with E-state index in [9.17, 15) is 13.2 Å². The highest BCUT2D eigenvalue weighted by Gasteiger charge is 2.31. The fourth-order valence-corrected chi connectivity index (χ4v) is 5.35. The molecule has 0 saturated carbocycles. The average Bonchev–Trinajstić information content (AvgIpc) is 3.02. The van der Waals surface area contributed by atoms with Gasteiger partial charge in [-0.1, -0.05) is 38.8 Å². The van der Waals surface area contributed by atoms with Crippen molar-refractivity contribution in [3.8, 4) is 0 Å². The molecule has 0 bridgehead atoms. The fourth-order valence-electron chi connectivity index (χ4n) is 4.11. The SMILES string of the molecule is CCCC[C@H](N=C1NS(=O)(=O)c2ccccc21)C(=O)NCCCCN1CCC(C)CC1. The van der Waals surface area contributed by atoms with E-state index in [0.717, 1.165) is 38.1 Å². The van der Waals surface area contributed by atoms with Crippen LogP contribution in [0.15, 0.2) is 34.2 Å². The minimum atomic E-state index is -3.60. The van der Waals surface area contributed by atoms with E-state index < -0.39 is 16.1 Å². The number of hydrogen-bond acceptors (Lipinski definition) is 5. The largest absolute Gasteiger partial charge is 0.354 e. The minimum absolute atomic E-state index is 0.128. The molecule has 2 aliphatic rings. The van der Waals surface area contributed by atoms with E-state index in [4.69, 9.17) is 0 Å². The molecule has 2 N–H and O–H groups in total. The van der Waals surface area contributed by atoms with Crippen LogP contribution in [0.2, 0.25) is 0 Å². The first kappa shape index (κ1) is 23.7. The number of amides is 1. The zero-order valence-corrected chi connectivity index (χ0v) is 19.6. The van der Waals surface area contributed by atoms with Crippen LogP contribution in [0.3, 0.4) is 0 Å². The lowest BCUT2D eigenvalue weighted by Gasteiger charge is -2.30. The van der Waals surface area contributed by atoms with E-state index >= 15 is 0 Å². The summed E-state index contributed by atoms with van der Waals surface area (Å²) >= 11 is 0. The number of carbonyl (C=O) groups excluding carboxylic acids is 1. The number of carbonyl (C=O) groups is 1. The van der Waals surface area contributed by atoms with E-state index in [1.165, 1.54) is 25.9 Å². The number of unbranched alkanes of at least 4 members (excludes halogenated alkanes) is 2. The molecule has 2 heterocycles. The van der Waals surface area contributed by atoms with Crippen LogP contribution in [0.5, 0.6) is 0 Å². The van der Waals surface area contributed by atoms with Crippen LogP contribution in [0, 0.1) is 5.92 Å². The van der Waals surface area contributed by atoms with Gasteiger partial charge >= 0.3 is 0 Å². The van der Waals surface area contributed by atoms with Gasteiger partial charge < -0.3 is 10.2 Å². The van der Waals surface area contributed by atoms with Crippen LogP contribution < -0.4 is 10.0 Å². The van der Waals surface area contributed by atoms with Gasteiger partial charge in [0.25, 0.3) is 10.0 Å². The lowest BCUT2D eigenvalue weighted by Crippen LogP contribution is -2.37. The smallest absolute Gasteiger partial charge is 0.263 e. The minimum Gasteiger partial charge on any atom is -0.354 e. The Kier molecular flexibility index (Phi) is 8.49. The number of aliphatic imine (C=N–C) groups is 1. The summed E-state index contributed by atoms with van der Waals surface area (Å²) in [6, 6.07) is 6.16.